The molecule has 7 heteroatoms. The Morgan fingerprint density at radius 3 is 2.79 bits per heavy atom. The Bertz CT molecular complexity index is 815. The van der Waals surface area contributed by atoms with Gasteiger partial charge in [0.15, 0.2) is 5.69 Å². The van der Waals surface area contributed by atoms with Crippen LogP contribution < -0.4 is 0 Å². The number of carboxylic acid groups (broad SMARTS) is 1. The number of fused-ring (bicyclic) bond motifs is 1. The molecule has 1 aromatic carbocycles. The van der Waals surface area contributed by atoms with Gasteiger partial charge in [0, 0.05) is 22.8 Å². The molecule has 126 valence electrons. The second kappa shape index (κ2) is 6.39. The van der Waals surface area contributed by atoms with E-state index in [0.717, 1.165) is 40.7 Å². The maximum atomic E-state index is 12.7. The first-order valence-electron chi connectivity index (χ1n) is 7.77. The Balaban J connectivity index is 2.03. The van der Waals surface area contributed by atoms with Gasteiger partial charge in [0.2, 0.25) is 0 Å². The molecular formula is C17H18BrN3O3. The van der Waals surface area contributed by atoms with Crippen LogP contribution in [0.1, 0.15) is 35.1 Å². The highest BCUT2D eigenvalue weighted by Gasteiger charge is 2.31. The minimum atomic E-state index is -1.03. The van der Waals surface area contributed by atoms with E-state index in [9.17, 15) is 9.59 Å². The van der Waals surface area contributed by atoms with Crippen LogP contribution in [0.3, 0.4) is 0 Å². The quantitative estimate of drug-likeness (QED) is 0.868. The number of hydrogen-bond donors (Lipinski definition) is 1. The van der Waals surface area contributed by atoms with Gasteiger partial charge in [0.25, 0.3) is 5.91 Å². The minimum absolute atomic E-state index is 0.350. The molecule has 0 spiro atoms. The third-order valence-electron chi connectivity index (χ3n) is 4.44. The van der Waals surface area contributed by atoms with Gasteiger partial charge in [-0.05, 0) is 44.4 Å². The number of aliphatic carboxylic acids is 1. The number of amides is 1. The van der Waals surface area contributed by atoms with Crippen molar-refractivity contribution >= 4 is 27.8 Å². The van der Waals surface area contributed by atoms with Crippen molar-refractivity contribution in [3.8, 4) is 5.69 Å². The first-order chi connectivity index (χ1) is 11.4. The Hall–Kier alpha value is -2.15. The topological polar surface area (TPSA) is 75.4 Å². The lowest BCUT2D eigenvalue weighted by molar-refractivity contribution is -0.141. The van der Waals surface area contributed by atoms with Gasteiger partial charge in [-0.1, -0.05) is 22.0 Å². The summed E-state index contributed by atoms with van der Waals surface area (Å²) in [5.74, 6) is -1.38. The SMILES string of the molecule is CC(C(=O)O)N(C)C(=O)c1nn(-c2cccc(Br)c2)c2c1CCC2. The lowest BCUT2D eigenvalue weighted by Gasteiger charge is -2.20. The van der Waals surface area contributed by atoms with E-state index in [4.69, 9.17) is 5.11 Å². The minimum Gasteiger partial charge on any atom is -0.480 e. The first-order valence-corrected chi connectivity index (χ1v) is 8.56. The van der Waals surface area contributed by atoms with Crippen LogP contribution in [-0.2, 0) is 17.6 Å². The Morgan fingerprint density at radius 2 is 2.12 bits per heavy atom. The van der Waals surface area contributed by atoms with Crippen molar-refractivity contribution in [2.24, 2.45) is 0 Å². The zero-order chi connectivity index (χ0) is 17.4. The second-order valence-electron chi connectivity index (χ2n) is 5.95. The normalized spacial score (nSPS) is 14.3. The van der Waals surface area contributed by atoms with E-state index in [-0.39, 0.29) is 5.91 Å². The van der Waals surface area contributed by atoms with Crippen LogP contribution in [0.5, 0.6) is 0 Å². The fourth-order valence-corrected chi connectivity index (χ4v) is 3.33. The third-order valence-corrected chi connectivity index (χ3v) is 4.94. The molecule has 0 saturated carbocycles. The zero-order valence-electron chi connectivity index (χ0n) is 13.5. The van der Waals surface area contributed by atoms with Crippen LogP contribution in [0, 0.1) is 0 Å². The molecule has 0 aliphatic heterocycles. The summed E-state index contributed by atoms with van der Waals surface area (Å²) in [6.45, 7) is 1.49. The van der Waals surface area contributed by atoms with E-state index in [0.29, 0.717) is 5.69 Å². The van der Waals surface area contributed by atoms with Crippen molar-refractivity contribution in [2.45, 2.75) is 32.2 Å². The summed E-state index contributed by atoms with van der Waals surface area (Å²) in [6, 6.07) is 6.84. The second-order valence-corrected chi connectivity index (χ2v) is 6.87. The molecule has 1 atom stereocenters. The van der Waals surface area contributed by atoms with E-state index >= 15 is 0 Å². The molecule has 0 saturated heterocycles. The monoisotopic (exact) mass is 391 g/mol. The van der Waals surface area contributed by atoms with Crippen LogP contribution >= 0.6 is 15.9 Å². The van der Waals surface area contributed by atoms with Crippen molar-refractivity contribution in [1.29, 1.82) is 0 Å². The van der Waals surface area contributed by atoms with Crippen molar-refractivity contribution in [3.05, 3.63) is 45.7 Å². The highest BCUT2D eigenvalue weighted by molar-refractivity contribution is 9.10. The van der Waals surface area contributed by atoms with Crippen LogP contribution in [0.2, 0.25) is 0 Å². The van der Waals surface area contributed by atoms with Gasteiger partial charge in [0.05, 0.1) is 5.69 Å². The molecule has 24 heavy (non-hydrogen) atoms. The highest BCUT2D eigenvalue weighted by Crippen LogP contribution is 2.29. The summed E-state index contributed by atoms with van der Waals surface area (Å²) in [5.41, 5.74) is 3.21. The largest absolute Gasteiger partial charge is 0.480 e. The fraction of sp³-hybridized carbons (Fsp3) is 0.353. The number of carbonyl (C=O) groups excluding carboxylic acids is 1. The van der Waals surface area contributed by atoms with Gasteiger partial charge in [-0.3, -0.25) is 4.79 Å². The lowest BCUT2D eigenvalue weighted by Crippen LogP contribution is -2.40. The van der Waals surface area contributed by atoms with Crippen LogP contribution in [-0.4, -0.2) is 44.8 Å². The standard InChI is InChI=1S/C17H18BrN3O3/c1-10(17(23)24)20(2)16(22)15-13-7-4-8-14(13)21(19-15)12-6-3-5-11(18)9-12/h3,5-6,9-10H,4,7-8H2,1-2H3,(H,23,24). The molecule has 1 aliphatic carbocycles. The number of likely N-dealkylation sites (N-methyl/N-ethyl adjacent to an activating group) is 1. The molecule has 1 aliphatic rings. The Morgan fingerprint density at radius 1 is 1.38 bits per heavy atom. The van der Waals surface area contributed by atoms with Crippen molar-refractivity contribution in [3.63, 3.8) is 0 Å². The summed E-state index contributed by atoms with van der Waals surface area (Å²) in [4.78, 5) is 25.1. The van der Waals surface area contributed by atoms with Crippen molar-refractivity contribution in [1.82, 2.24) is 14.7 Å². The van der Waals surface area contributed by atoms with E-state index in [1.807, 2.05) is 24.3 Å². The number of halogens is 1. The first kappa shape index (κ1) is 16.7. The average Bonchev–Trinajstić information content (AvgIpc) is 3.14. The molecule has 1 N–H and O–H groups in total. The summed E-state index contributed by atoms with van der Waals surface area (Å²) in [5, 5.41) is 13.6. The number of carboxylic acids is 1. The average molecular weight is 392 g/mol. The summed E-state index contributed by atoms with van der Waals surface area (Å²) < 4.78 is 2.74. The van der Waals surface area contributed by atoms with E-state index < -0.39 is 12.0 Å². The van der Waals surface area contributed by atoms with Gasteiger partial charge in [-0.15, -0.1) is 0 Å². The van der Waals surface area contributed by atoms with Crippen LogP contribution in [0.15, 0.2) is 28.7 Å². The molecular weight excluding hydrogens is 374 g/mol. The molecule has 6 nitrogen and oxygen atoms in total. The molecule has 2 aromatic rings. The third kappa shape index (κ3) is 2.84. The van der Waals surface area contributed by atoms with E-state index in [2.05, 4.69) is 21.0 Å². The lowest BCUT2D eigenvalue weighted by atomic mass is 10.1. The van der Waals surface area contributed by atoms with Gasteiger partial charge < -0.3 is 10.0 Å². The summed E-state index contributed by atoms with van der Waals surface area (Å²) >= 11 is 3.45. The van der Waals surface area contributed by atoms with E-state index in [1.54, 1.807) is 4.68 Å². The maximum absolute atomic E-state index is 12.7. The van der Waals surface area contributed by atoms with E-state index in [1.165, 1.54) is 18.9 Å². The van der Waals surface area contributed by atoms with Gasteiger partial charge in [-0.2, -0.15) is 5.10 Å². The van der Waals surface area contributed by atoms with Crippen molar-refractivity contribution in [2.75, 3.05) is 7.05 Å². The number of nitrogens with zero attached hydrogens (tertiary/aromatic N) is 3. The predicted molar refractivity (Wildman–Crippen MR) is 92.5 cm³/mol. The fourth-order valence-electron chi connectivity index (χ4n) is 2.94. The number of benzene rings is 1. The maximum Gasteiger partial charge on any atom is 0.326 e. The molecule has 0 fully saturated rings. The molecule has 0 radical (unpaired) electrons. The summed E-state index contributed by atoms with van der Waals surface area (Å²) in [6.07, 6.45) is 2.62. The number of hydrogen-bond acceptors (Lipinski definition) is 3. The van der Waals surface area contributed by atoms with Gasteiger partial charge in [0.1, 0.15) is 6.04 Å². The highest BCUT2D eigenvalue weighted by atomic mass is 79.9. The predicted octanol–water partition coefficient (Wildman–Crippen LogP) is 2.67. The number of carbonyl (C=O) groups is 2. The molecule has 1 aromatic heterocycles. The van der Waals surface area contributed by atoms with Crippen molar-refractivity contribution < 1.29 is 14.7 Å². The molecule has 1 unspecified atom stereocenters. The Labute approximate surface area is 148 Å². The smallest absolute Gasteiger partial charge is 0.326 e. The van der Waals surface area contributed by atoms with Crippen LogP contribution in [0.4, 0.5) is 0 Å². The van der Waals surface area contributed by atoms with Crippen LogP contribution in [0.25, 0.3) is 5.69 Å². The summed E-state index contributed by atoms with van der Waals surface area (Å²) in [7, 11) is 1.50. The Kier molecular flexibility index (Phi) is 4.45. The molecule has 3 rings (SSSR count). The van der Waals surface area contributed by atoms with Gasteiger partial charge in [-0.25, -0.2) is 9.48 Å². The zero-order valence-corrected chi connectivity index (χ0v) is 15.1. The van der Waals surface area contributed by atoms with Gasteiger partial charge >= 0.3 is 5.97 Å². The molecule has 1 heterocycles. The molecule has 0 bridgehead atoms. The number of aromatic nitrogens is 2. The number of rotatable bonds is 4. The molecule has 1 amide bonds.